The van der Waals surface area contributed by atoms with E-state index in [1.54, 1.807) is 34.6 Å². The molecule has 0 unspecified atom stereocenters. The van der Waals surface area contributed by atoms with Gasteiger partial charge in [-0.2, -0.15) is 0 Å². The lowest BCUT2D eigenvalue weighted by atomic mass is 10.0. The second kappa shape index (κ2) is 20.5. The molecule has 44 heavy (non-hydrogen) atoms. The van der Waals surface area contributed by atoms with Crippen molar-refractivity contribution in [2.75, 3.05) is 45.8 Å². The summed E-state index contributed by atoms with van der Waals surface area (Å²) in [6, 6.07) is -2.13. The normalized spacial score (nSPS) is 12.6. The topological polar surface area (TPSA) is 207 Å². The number of unbranched alkanes of at least 4 members (excludes halogenated alkanes) is 1. The number of alkyl carbamates (subject to hydrolysis) is 1. The minimum atomic E-state index is -1.20. The average Bonchev–Trinajstić information content (AvgIpc) is 2.95. The van der Waals surface area contributed by atoms with E-state index in [-0.39, 0.29) is 51.2 Å². The van der Waals surface area contributed by atoms with Gasteiger partial charge in [-0.1, -0.05) is 25.6 Å². The van der Waals surface area contributed by atoms with Gasteiger partial charge in [0, 0.05) is 25.5 Å². The SMILES string of the molecule is CSc1ncc(C(=O)NCCOCCOCC(=O)N[C@H](C(=O)N[C@@H](CCCCNC(=O)OC(C)(C)C)C(=O)O)C(C)C)cn1. The number of carboxylic acid groups (broad SMARTS) is 1. The Labute approximate surface area is 262 Å². The maximum atomic E-state index is 12.8. The number of nitrogens with zero attached hydrogens (tertiary/aromatic N) is 2. The molecule has 0 saturated carbocycles. The molecule has 4 amide bonds. The van der Waals surface area contributed by atoms with Crippen LogP contribution < -0.4 is 21.3 Å². The fourth-order valence-corrected chi connectivity index (χ4v) is 3.83. The number of carbonyl (C=O) groups excluding carboxylic acids is 4. The summed E-state index contributed by atoms with van der Waals surface area (Å²) in [5.41, 5.74) is -0.278. The maximum Gasteiger partial charge on any atom is 0.407 e. The molecular formula is C28H46N6O9S. The number of carboxylic acids is 1. The Morgan fingerprint density at radius 1 is 0.932 bits per heavy atom. The van der Waals surface area contributed by atoms with Crippen LogP contribution in [0.4, 0.5) is 4.79 Å². The van der Waals surface area contributed by atoms with E-state index in [2.05, 4.69) is 31.2 Å². The van der Waals surface area contributed by atoms with Gasteiger partial charge < -0.3 is 40.6 Å². The number of aromatic nitrogens is 2. The van der Waals surface area contributed by atoms with Crippen LogP contribution in [0.1, 0.15) is 64.2 Å². The van der Waals surface area contributed by atoms with Crippen LogP contribution in [0.15, 0.2) is 17.6 Å². The number of amides is 4. The molecule has 0 bridgehead atoms. The van der Waals surface area contributed by atoms with Crippen LogP contribution >= 0.6 is 11.8 Å². The van der Waals surface area contributed by atoms with Gasteiger partial charge in [0.15, 0.2) is 5.16 Å². The summed E-state index contributed by atoms with van der Waals surface area (Å²) in [6.45, 7) is 9.44. The van der Waals surface area contributed by atoms with Gasteiger partial charge in [0.05, 0.1) is 25.4 Å². The van der Waals surface area contributed by atoms with E-state index in [0.717, 1.165) is 0 Å². The molecule has 5 N–H and O–H groups in total. The molecule has 1 aromatic heterocycles. The molecule has 0 saturated heterocycles. The summed E-state index contributed by atoms with van der Waals surface area (Å²) in [7, 11) is 0. The summed E-state index contributed by atoms with van der Waals surface area (Å²) in [4.78, 5) is 68.8. The molecule has 0 aliphatic rings. The number of nitrogens with one attached hydrogen (secondary N) is 4. The van der Waals surface area contributed by atoms with Gasteiger partial charge in [0.1, 0.15) is 24.3 Å². The summed E-state index contributed by atoms with van der Waals surface area (Å²) >= 11 is 1.37. The molecule has 0 aromatic carbocycles. The Morgan fingerprint density at radius 3 is 2.18 bits per heavy atom. The average molecular weight is 643 g/mol. The van der Waals surface area contributed by atoms with Crippen molar-refractivity contribution in [3.8, 4) is 0 Å². The highest BCUT2D eigenvalue weighted by molar-refractivity contribution is 7.98. The molecule has 0 radical (unpaired) electrons. The predicted molar refractivity (Wildman–Crippen MR) is 162 cm³/mol. The highest BCUT2D eigenvalue weighted by Crippen LogP contribution is 2.09. The number of aliphatic carboxylic acids is 1. The first kappa shape index (κ1) is 38.5. The largest absolute Gasteiger partial charge is 0.480 e. The molecule has 1 heterocycles. The van der Waals surface area contributed by atoms with Crippen LogP contribution in [0, 0.1) is 5.92 Å². The van der Waals surface area contributed by atoms with Crippen molar-refractivity contribution in [2.24, 2.45) is 5.92 Å². The number of ether oxygens (including phenoxy) is 3. The molecule has 15 nitrogen and oxygen atoms in total. The molecule has 16 heteroatoms. The molecular weight excluding hydrogens is 596 g/mol. The van der Waals surface area contributed by atoms with Crippen molar-refractivity contribution >= 4 is 41.5 Å². The Kier molecular flexibility index (Phi) is 17.9. The smallest absolute Gasteiger partial charge is 0.407 e. The molecule has 0 aliphatic carbocycles. The Balaban J connectivity index is 2.31. The van der Waals surface area contributed by atoms with E-state index in [0.29, 0.717) is 30.1 Å². The second-order valence-corrected chi connectivity index (χ2v) is 11.8. The summed E-state index contributed by atoms with van der Waals surface area (Å²) < 4.78 is 15.8. The second-order valence-electron chi connectivity index (χ2n) is 11.0. The Hall–Kier alpha value is -3.50. The van der Waals surface area contributed by atoms with Crippen molar-refractivity contribution in [2.45, 2.75) is 76.7 Å². The van der Waals surface area contributed by atoms with Gasteiger partial charge in [0.25, 0.3) is 5.91 Å². The third kappa shape index (κ3) is 17.0. The molecule has 0 aliphatic heterocycles. The first-order valence-corrected chi connectivity index (χ1v) is 15.5. The lowest BCUT2D eigenvalue weighted by Gasteiger charge is -2.24. The van der Waals surface area contributed by atoms with Crippen molar-refractivity contribution in [1.82, 2.24) is 31.2 Å². The van der Waals surface area contributed by atoms with Gasteiger partial charge >= 0.3 is 12.1 Å². The number of rotatable bonds is 20. The maximum absolute atomic E-state index is 12.8. The van der Waals surface area contributed by atoms with E-state index in [1.807, 2.05) is 6.26 Å². The van der Waals surface area contributed by atoms with Crippen LogP contribution in [0.2, 0.25) is 0 Å². The molecule has 0 fully saturated rings. The van der Waals surface area contributed by atoms with Crippen LogP contribution in [-0.4, -0.2) is 108 Å². The van der Waals surface area contributed by atoms with Crippen LogP contribution in [-0.2, 0) is 28.6 Å². The molecule has 1 aromatic rings. The van der Waals surface area contributed by atoms with E-state index >= 15 is 0 Å². The number of hydrogen-bond acceptors (Lipinski definition) is 11. The van der Waals surface area contributed by atoms with E-state index in [4.69, 9.17) is 14.2 Å². The summed E-state index contributed by atoms with van der Waals surface area (Å²) in [5.74, 6) is -3.00. The highest BCUT2D eigenvalue weighted by atomic mass is 32.2. The minimum Gasteiger partial charge on any atom is -0.480 e. The van der Waals surface area contributed by atoms with Crippen molar-refractivity contribution < 1.29 is 43.3 Å². The fraction of sp³-hybridized carbons (Fsp3) is 0.679. The zero-order chi connectivity index (χ0) is 33.1. The van der Waals surface area contributed by atoms with Crippen molar-refractivity contribution in [3.05, 3.63) is 18.0 Å². The van der Waals surface area contributed by atoms with E-state index in [1.165, 1.54) is 24.2 Å². The highest BCUT2D eigenvalue weighted by Gasteiger charge is 2.28. The third-order valence-electron chi connectivity index (χ3n) is 5.68. The summed E-state index contributed by atoms with van der Waals surface area (Å²) in [5, 5.41) is 20.5. The summed E-state index contributed by atoms with van der Waals surface area (Å²) in [6.07, 6.45) is 5.23. The van der Waals surface area contributed by atoms with E-state index < -0.39 is 41.6 Å². The number of thioether (sulfide) groups is 1. The van der Waals surface area contributed by atoms with Gasteiger partial charge in [-0.05, 0) is 52.2 Å². The lowest BCUT2D eigenvalue weighted by Crippen LogP contribution is -2.54. The molecule has 1 rings (SSSR count). The lowest BCUT2D eigenvalue weighted by molar-refractivity contribution is -0.142. The molecule has 2 atom stereocenters. The fourth-order valence-electron chi connectivity index (χ4n) is 3.51. The quantitative estimate of drug-likeness (QED) is 0.0777. The predicted octanol–water partition coefficient (Wildman–Crippen LogP) is 1.37. The van der Waals surface area contributed by atoms with Gasteiger partial charge in [-0.25, -0.2) is 19.6 Å². The van der Waals surface area contributed by atoms with Crippen LogP contribution in [0.25, 0.3) is 0 Å². The van der Waals surface area contributed by atoms with Crippen molar-refractivity contribution in [1.29, 1.82) is 0 Å². The molecule has 0 spiro atoms. The monoisotopic (exact) mass is 642 g/mol. The Morgan fingerprint density at radius 2 is 1.59 bits per heavy atom. The molecule has 248 valence electrons. The first-order valence-electron chi connectivity index (χ1n) is 14.3. The zero-order valence-electron chi connectivity index (χ0n) is 26.3. The third-order valence-corrected chi connectivity index (χ3v) is 6.25. The zero-order valence-corrected chi connectivity index (χ0v) is 27.1. The van der Waals surface area contributed by atoms with Crippen molar-refractivity contribution in [3.63, 3.8) is 0 Å². The van der Waals surface area contributed by atoms with Gasteiger partial charge in [-0.3, -0.25) is 14.4 Å². The standard InChI is InChI=1S/C28H46N6O9S/c1-18(2)22(24(37)33-20(25(38)39)9-7-8-10-30-27(40)43-28(3,4)5)34-21(35)17-42-14-13-41-12-11-29-23(36)19-15-31-26(44-6)32-16-19/h15-16,18,20,22H,7-14,17H2,1-6H3,(H,29,36)(H,30,40)(H,33,37)(H,34,35)(H,38,39)/t20-,22-/m0/s1. The first-order chi connectivity index (χ1) is 20.7. The van der Waals surface area contributed by atoms with E-state index in [9.17, 15) is 29.1 Å². The van der Waals surface area contributed by atoms with Gasteiger partial charge in [-0.15, -0.1) is 0 Å². The Bertz CT molecular complexity index is 1070. The number of carbonyl (C=O) groups is 5. The van der Waals surface area contributed by atoms with Crippen LogP contribution in [0.5, 0.6) is 0 Å². The van der Waals surface area contributed by atoms with Gasteiger partial charge in [0.2, 0.25) is 11.8 Å². The minimum absolute atomic E-state index is 0.105. The number of hydrogen-bond donors (Lipinski definition) is 5. The van der Waals surface area contributed by atoms with Crippen LogP contribution in [0.3, 0.4) is 0 Å².